The van der Waals surface area contributed by atoms with Crippen LogP contribution in [0, 0.1) is 11.3 Å². The Morgan fingerprint density at radius 3 is 2.46 bits per heavy atom. The molecule has 1 heterocycles. The van der Waals surface area contributed by atoms with Crippen LogP contribution in [0.3, 0.4) is 0 Å². The van der Waals surface area contributed by atoms with Crippen molar-refractivity contribution in [3.8, 4) is 6.07 Å². The maximum atomic E-state index is 9.38. The van der Waals surface area contributed by atoms with Gasteiger partial charge in [-0.2, -0.15) is 5.26 Å². The molecule has 3 nitrogen and oxygen atoms in total. The van der Waals surface area contributed by atoms with Crippen LogP contribution in [0.1, 0.15) is 38.2 Å². The Hall–Kier alpha value is -2.47. The van der Waals surface area contributed by atoms with Crippen LogP contribution in [0.5, 0.6) is 0 Å². The lowest BCUT2D eigenvalue weighted by Crippen LogP contribution is -2.29. The average molecular weight is 321 g/mol. The molecule has 1 aromatic rings. The van der Waals surface area contributed by atoms with E-state index in [1.807, 2.05) is 13.0 Å². The van der Waals surface area contributed by atoms with Gasteiger partial charge >= 0.3 is 0 Å². The normalized spacial score (nSPS) is 14.8. The van der Waals surface area contributed by atoms with Crippen molar-refractivity contribution in [2.24, 2.45) is 0 Å². The van der Waals surface area contributed by atoms with Gasteiger partial charge in [-0.15, -0.1) is 6.58 Å². The van der Waals surface area contributed by atoms with E-state index in [9.17, 15) is 5.26 Å². The van der Waals surface area contributed by atoms with Crippen molar-refractivity contribution in [2.75, 3.05) is 24.5 Å². The standard InChI is InChI=1S/C21H27N3/c1-17(2)11-12-23-18(3)20(16-22)15-19-7-9-21(10-8-19)24-13-5-4-6-14-24/h7-10,15,23H,1,3-6,11-14H2,2H3/b20-15+. The van der Waals surface area contributed by atoms with Gasteiger partial charge in [0.1, 0.15) is 6.07 Å². The van der Waals surface area contributed by atoms with Crippen LogP contribution in [0.25, 0.3) is 6.08 Å². The first-order chi connectivity index (χ1) is 11.6. The summed E-state index contributed by atoms with van der Waals surface area (Å²) in [7, 11) is 0. The molecule has 1 saturated heterocycles. The van der Waals surface area contributed by atoms with E-state index in [-0.39, 0.29) is 0 Å². The van der Waals surface area contributed by atoms with Gasteiger partial charge < -0.3 is 10.2 Å². The summed E-state index contributed by atoms with van der Waals surface area (Å²) in [5.41, 5.74) is 4.64. The number of piperidine rings is 1. The summed E-state index contributed by atoms with van der Waals surface area (Å²) in [6.45, 7) is 12.9. The molecule has 24 heavy (non-hydrogen) atoms. The lowest BCUT2D eigenvalue weighted by atomic mass is 10.1. The Kier molecular flexibility index (Phi) is 6.69. The predicted molar refractivity (Wildman–Crippen MR) is 103 cm³/mol. The zero-order chi connectivity index (χ0) is 17.4. The van der Waals surface area contributed by atoms with Gasteiger partial charge in [0.05, 0.1) is 5.57 Å². The van der Waals surface area contributed by atoms with Crippen LogP contribution < -0.4 is 10.2 Å². The zero-order valence-electron chi connectivity index (χ0n) is 14.6. The molecule has 0 saturated carbocycles. The second-order valence-electron chi connectivity index (χ2n) is 6.42. The molecule has 126 valence electrons. The summed E-state index contributed by atoms with van der Waals surface area (Å²) in [6, 6.07) is 10.7. The maximum absolute atomic E-state index is 9.38. The molecular formula is C21H27N3. The van der Waals surface area contributed by atoms with Crippen molar-refractivity contribution in [2.45, 2.75) is 32.6 Å². The molecular weight excluding hydrogens is 294 g/mol. The van der Waals surface area contributed by atoms with E-state index in [1.165, 1.54) is 24.9 Å². The Morgan fingerprint density at radius 2 is 1.88 bits per heavy atom. The number of nitrogens with zero attached hydrogens (tertiary/aromatic N) is 2. The van der Waals surface area contributed by atoms with Gasteiger partial charge in [-0.25, -0.2) is 0 Å². The Balaban J connectivity index is 2.00. The SMILES string of the molecule is C=C(C)CCNC(=C)/C(C#N)=C/c1ccc(N2CCCCC2)cc1. The minimum absolute atomic E-state index is 0.572. The Labute approximate surface area is 146 Å². The third kappa shape index (κ3) is 5.31. The molecule has 0 radical (unpaired) electrons. The molecule has 2 rings (SSSR count). The first kappa shape index (κ1) is 17.9. The smallest absolute Gasteiger partial charge is 0.101 e. The summed E-state index contributed by atoms with van der Waals surface area (Å²) in [4.78, 5) is 2.43. The van der Waals surface area contributed by atoms with Crippen molar-refractivity contribution in [3.63, 3.8) is 0 Å². The fourth-order valence-corrected chi connectivity index (χ4v) is 2.81. The number of hydrogen-bond acceptors (Lipinski definition) is 3. The second kappa shape index (κ2) is 8.98. The first-order valence-corrected chi connectivity index (χ1v) is 8.64. The number of hydrogen-bond donors (Lipinski definition) is 1. The molecule has 1 aliphatic rings. The second-order valence-corrected chi connectivity index (χ2v) is 6.42. The molecule has 0 spiro atoms. The molecule has 0 aromatic heterocycles. The van der Waals surface area contributed by atoms with Gasteiger partial charge in [0, 0.05) is 31.0 Å². The average Bonchev–Trinajstić information content (AvgIpc) is 2.60. The van der Waals surface area contributed by atoms with Crippen LogP contribution >= 0.6 is 0 Å². The molecule has 1 aromatic carbocycles. The minimum atomic E-state index is 0.572. The molecule has 0 aliphatic carbocycles. The van der Waals surface area contributed by atoms with Gasteiger partial charge in [0.15, 0.2) is 0 Å². The van der Waals surface area contributed by atoms with E-state index in [2.05, 4.69) is 53.7 Å². The highest BCUT2D eigenvalue weighted by atomic mass is 15.1. The summed E-state index contributed by atoms with van der Waals surface area (Å²) >= 11 is 0. The van der Waals surface area contributed by atoms with E-state index in [1.54, 1.807) is 0 Å². The van der Waals surface area contributed by atoms with Gasteiger partial charge in [-0.1, -0.05) is 24.3 Å². The molecule has 1 N–H and O–H groups in total. The summed E-state index contributed by atoms with van der Waals surface area (Å²) in [5, 5.41) is 12.6. The molecule has 0 unspecified atom stereocenters. The van der Waals surface area contributed by atoms with Crippen LogP contribution in [-0.2, 0) is 0 Å². The molecule has 1 aliphatic heterocycles. The van der Waals surface area contributed by atoms with Crippen molar-refractivity contribution >= 4 is 11.8 Å². The largest absolute Gasteiger partial charge is 0.384 e. The van der Waals surface area contributed by atoms with E-state index in [0.29, 0.717) is 11.3 Å². The topological polar surface area (TPSA) is 39.1 Å². The van der Waals surface area contributed by atoms with Crippen molar-refractivity contribution < 1.29 is 0 Å². The van der Waals surface area contributed by atoms with Gasteiger partial charge in [-0.05, 0) is 56.4 Å². The van der Waals surface area contributed by atoms with Gasteiger partial charge in [-0.3, -0.25) is 0 Å². The number of allylic oxidation sites excluding steroid dienone is 1. The number of anilines is 1. The monoisotopic (exact) mass is 321 g/mol. The van der Waals surface area contributed by atoms with Crippen LogP contribution in [-0.4, -0.2) is 19.6 Å². The fraction of sp³-hybridized carbons (Fsp3) is 0.381. The quantitative estimate of drug-likeness (QED) is 0.451. The summed E-state index contributed by atoms with van der Waals surface area (Å²) in [6.07, 6.45) is 6.65. The van der Waals surface area contributed by atoms with Crippen molar-refractivity contribution in [1.29, 1.82) is 5.26 Å². The van der Waals surface area contributed by atoms with E-state index < -0.39 is 0 Å². The van der Waals surface area contributed by atoms with Crippen LogP contribution in [0.15, 0.2) is 54.3 Å². The molecule has 0 bridgehead atoms. The van der Waals surface area contributed by atoms with Crippen LogP contribution in [0.2, 0.25) is 0 Å². The lowest BCUT2D eigenvalue weighted by Gasteiger charge is -2.28. The Morgan fingerprint density at radius 1 is 1.21 bits per heavy atom. The number of rotatable bonds is 7. The minimum Gasteiger partial charge on any atom is -0.384 e. The summed E-state index contributed by atoms with van der Waals surface area (Å²) < 4.78 is 0. The van der Waals surface area contributed by atoms with Gasteiger partial charge in [0.25, 0.3) is 0 Å². The highest BCUT2D eigenvalue weighted by Gasteiger charge is 2.10. The number of benzene rings is 1. The third-order valence-corrected chi connectivity index (χ3v) is 4.26. The van der Waals surface area contributed by atoms with E-state index in [4.69, 9.17) is 0 Å². The number of nitrogens with one attached hydrogen (secondary N) is 1. The van der Waals surface area contributed by atoms with E-state index in [0.717, 1.165) is 37.2 Å². The number of nitriles is 1. The summed E-state index contributed by atoms with van der Waals surface area (Å²) in [5.74, 6) is 0. The third-order valence-electron chi connectivity index (χ3n) is 4.26. The molecule has 1 fully saturated rings. The zero-order valence-corrected chi connectivity index (χ0v) is 14.6. The fourth-order valence-electron chi connectivity index (χ4n) is 2.81. The van der Waals surface area contributed by atoms with E-state index >= 15 is 0 Å². The molecule has 0 atom stereocenters. The van der Waals surface area contributed by atoms with Crippen LogP contribution in [0.4, 0.5) is 5.69 Å². The predicted octanol–water partition coefficient (Wildman–Crippen LogP) is 4.65. The lowest BCUT2D eigenvalue weighted by molar-refractivity contribution is 0.578. The maximum Gasteiger partial charge on any atom is 0.101 e. The molecule has 3 heteroatoms. The Bertz CT molecular complexity index is 641. The highest BCUT2D eigenvalue weighted by Crippen LogP contribution is 2.21. The van der Waals surface area contributed by atoms with Crippen molar-refractivity contribution in [3.05, 3.63) is 59.8 Å². The van der Waals surface area contributed by atoms with Gasteiger partial charge in [0.2, 0.25) is 0 Å². The highest BCUT2D eigenvalue weighted by molar-refractivity contribution is 5.64. The molecule has 0 amide bonds. The van der Waals surface area contributed by atoms with Crippen molar-refractivity contribution in [1.82, 2.24) is 5.32 Å². The first-order valence-electron chi connectivity index (χ1n) is 8.64.